The predicted molar refractivity (Wildman–Crippen MR) is 93.4 cm³/mol. The summed E-state index contributed by atoms with van der Waals surface area (Å²) in [6.07, 6.45) is 0.900. The summed E-state index contributed by atoms with van der Waals surface area (Å²) in [5.74, 6) is -0.296. The molecule has 132 valence electrons. The molecule has 2 amide bonds. The second kappa shape index (κ2) is 8.35. The molecule has 2 N–H and O–H groups in total. The molecule has 0 bridgehead atoms. The molecular weight excluding hydrogens is 330 g/mol. The number of carbonyl (C=O) groups is 2. The van der Waals surface area contributed by atoms with Crippen LogP contribution in [0.4, 0.5) is 0 Å². The second-order valence-corrected chi connectivity index (χ2v) is 6.54. The zero-order chi connectivity index (χ0) is 17.7. The van der Waals surface area contributed by atoms with Gasteiger partial charge in [-0.3, -0.25) is 14.5 Å². The van der Waals surface area contributed by atoms with Crippen LogP contribution in [0, 0.1) is 0 Å². The third kappa shape index (κ3) is 4.85. The van der Waals surface area contributed by atoms with Crippen molar-refractivity contribution in [3.8, 4) is 5.75 Å². The highest BCUT2D eigenvalue weighted by Gasteiger charge is 2.25. The van der Waals surface area contributed by atoms with Crippen molar-refractivity contribution in [3.05, 3.63) is 28.8 Å². The Morgan fingerprint density at radius 3 is 2.58 bits per heavy atom. The number of halogens is 1. The van der Waals surface area contributed by atoms with Crippen LogP contribution in [-0.4, -0.2) is 65.5 Å². The Bertz CT molecular complexity index is 601. The lowest BCUT2D eigenvalue weighted by atomic mass is 10.1. The number of aromatic hydroxyl groups is 1. The van der Waals surface area contributed by atoms with Gasteiger partial charge in [-0.25, -0.2) is 0 Å². The molecule has 0 radical (unpaired) electrons. The molecule has 1 aromatic carbocycles. The van der Waals surface area contributed by atoms with Crippen LogP contribution in [0.15, 0.2) is 18.2 Å². The van der Waals surface area contributed by atoms with E-state index in [2.05, 4.69) is 5.32 Å². The largest absolute Gasteiger partial charge is 0.507 e. The molecule has 7 heteroatoms. The monoisotopic (exact) mass is 353 g/mol. The molecule has 24 heavy (non-hydrogen) atoms. The lowest BCUT2D eigenvalue weighted by Crippen LogP contribution is -2.51. The van der Waals surface area contributed by atoms with Gasteiger partial charge in [0.25, 0.3) is 5.91 Å². The van der Waals surface area contributed by atoms with Gasteiger partial charge in [-0.15, -0.1) is 0 Å². The van der Waals surface area contributed by atoms with Crippen molar-refractivity contribution in [2.45, 2.75) is 26.3 Å². The van der Waals surface area contributed by atoms with Crippen molar-refractivity contribution in [2.75, 3.05) is 32.7 Å². The third-order valence-corrected chi connectivity index (χ3v) is 4.47. The minimum absolute atomic E-state index is 0.0108. The first-order valence-electron chi connectivity index (χ1n) is 8.20. The highest BCUT2D eigenvalue weighted by molar-refractivity contribution is 6.31. The average Bonchev–Trinajstić information content (AvgIpc) is 2.57. The van der Waals surface area contributed by atoms with Crippen molar-refractivity contribution in [1.29, 1.82) is 0 Å². The van der Waals surface area contributed by atoms with Gasteiger partial charge in [0.15, 0.2) is 0 Å². The number of carbonyl (C=O) groups excluding carboxylic acids is 2. The molecule has 1 aliphatic heterocycles. The number of rotatable bonds is 5. The molecule has 0 aromatic heterocycles. The number of nitrogens with one attached hydrogen (secondary N) is 1. The van der Waals surface area contributed by atoms with Crippen LogP contribution in [-0.2, 0) is 4.79 Å². The minimum atomic E-state index is -0.237. The summed E-state index contributed by atoms with van der Waals surface area (Å²) in [5, 5.41) is 13.2. The fourth-order valence-electron chi connectivity index (χ4n) is 2.58. The summed E-state index contributed by atoms with van der Waals surface area (Å²) in [7, 11) is 0. The average molecular weight is 354 g/mol. The maximum Gasteiger partial charge on any atom is 0.257 e. The fourth-order valence-corrected chi connectivity index (χ4v) is 2.76. The summed E-state index contributed by atoms with van der Waals surface area (Å²) >= 11 is 5.90. The van der Waals surface area contributed by atoms with Gasteiger partial charge in [0, 0.05) is 37.2 Å². The van der Waals surface area contributed by atoms with Gasteiger partial charge in [0.1, 0.15) is 5.75 Å². The lowest BCUT2D eigenvalue weighted by molar-refractivity contribution is -0.123. The van der Waals surface area contributed by atoms with E-state index in [0.29, 0.717) is 37.7 Å². The second-order valence-electron chi connectivity index (χ2n) is 6.11. The molecule has 1 unspecified atom stereocenters. The van der Waals surface area contributed by atoms with E-state index in [-0.39, 0.29) is 29.2 Å². The van der Waals surface area contributed by atoms with Crippen molar-refractivity contribution in [2.24, 2.45) is 0 Å². The van der Waals surface area contributed by atoms with E-state index < -0.39 is 0 Å². The topological polar surface area (TPSA) is 72.9 Å². The van der Waals surface area contributed by atoms with E-state index in [1.165, 1.54) is 12.1 Å². The zero-order valence-electron chi connectivity index (χ0n) is 14.1. The summed E-state index contributed by atoms with van der Waals surface area (Å²) in [6.45, 7) is 6.63. The number of piperazine rings is 1. The first-order chi connectivity index (χ1) is 11.4. The molecule has 1 fully saturated rings. The van der Waals surface area contributed by atoms with E-state index in [1.54, 1.807) is 11.0 Å². The number of amides is 2. The Morgan fingerprint density at radius 2 is 1.96 bits per heavy atom. The summed E-state index contributed by atoms with van der Waals surface area (Å²) in [6, 6.07) is 4.61. The standard InChI is InChI=1S/C17H24ClN3O3/c1-3-12(2)19-16(23)11-20-6-8-21(9-7-20)17(24)14-10-13(18)4-5-15(14)22/h4-5,10,12,22H,3,6-9,11H2,1-2H3,(H,19,23). The quantitative estimate of drug-likeness (QED) is 0.845. The maximum atomic E-state index is 12.5. The van der Waals surface area contributed by atoms with E-state index in [0.717, 1.165) is 6.42 Å². The molecule has 1 aliphatic rings. The molecule has 1 atom stereocenters. The Hall–Kier alpha value is -1.79. The van der Waals surface area contributed by atoms with Crippen LogP contribution in [0.2, 0.25) is 5.02 Å². The van der Waals surface area contributed by atoms with Crippen LogP contribution in [0.3, 0.4) is 0 Å². The van der Waals surface area contributed by atoms with Crippen molar-refractivity contribution < 1.29 is 14.7 Å². The fraction of sp³-hybridized carbons (Fsp3) is 0.529. The highest BCUT2D eigenvalue weighted by Crippen LogP contribution is 2.23. The molecule has 1 saturated heterocycles. The SMILES string of the molecule is CCC(C)NC(=O)CN1CCN(C(=O)c2cc(Cl)ccc2O)CC1. The smallest absolute Gasteiger partial charge is 0.257 e. The van der Waals surface area contributed by atoms with Crippen LogP contribution >= 0.6 is 11.6 Å². The van der Waals surface area contributed by atoms with Gasteiger partial charge < -0.3 is 15.3 Å². The van der Waals surface area contributed by atoms with Crippen molar-refractivity contribution in [1.82, 2.24) is 15.1 Å². The first-order valence-corrected chi connectivity index (χ1v) is 8.58. The third-order valence-electron chi connectivity index (χ3n) is 4.24. The zero-order valence-corrected chi connectivity index (χ0v) is 14.8. The minimum Gasteiger partial charge on any atom is -0.507 e. The first kappa shape index (κ1) is 18.5. The molecule has 1 heterocycles. The number of phenols is 1. The lowest BCUT2D eigenvalue weighted by Gasteiger charge is -2.34. The van der Waals surface area contributed by atoms with Crippen LogP contribution in [0.1, 0.15) is 30.6 Å². The molecule has 0 saturated carbocycles. The molecule has 0 spiro atoms. The number of benzene rings is 1. The Morgan fingerprint density at radius 1 is 1.29 bits per heavy atom. The summed E-state index contributed by atoms with van der Waals surface area (Å²) < 4.78 is 0. The maximum absolute atomic E-state index is 12.5. The molecule has 6 nitrogen and oxygen atoms in total. The highest BCUT2D eigenvalue weighted by atomic mass is 35.5. The Labute approximate surface area is 147 Å². The van der Waals surface area contributed by atoms with Gasteiger partial charge >= 0.3 is 0 Å². The molecule has 1 aromatic rings. The van der Waals surface area contributed by atoms with Crippen molar-refractivity contribution >= 4 is 23.4 Å². The van der Waals surface area contributed by atoms with Crippen molar-refractivity contribution in [3.63, 3.8) is 0 Å². The summed E-state index contributed by atoms with van der Waals surface area (Å²) in [4.78, 5) is 28.1. The molecular formula is C17H24ClN3O3. The van der Waals surface area contributed by atoms with Gasteiger partial charge in [0.05, 0.1) is 12.1 Å². The summed E-state index contributed by atoms with van der Waals surface area (Å²) in [5.41, 5.74) is 0.213. The Kier molecular flexibility index (Phi) is 6.45. The van der Waals surface area contributed by atoms with E-state index in [4.69, 9.17) is 11.6 Å². The van der Waals surface area contributed by atoms with Crippen LogP contribution in [0.5, 0.6) is 5.75 Å². The number of nitrogens with zero attached hydrogens (tertiary/aromatic N) is 2. The van der Waals surface area contributed by atoms with Gasteiger partial charge in [-0.1, -0.05) is 18.5 Å². The van der Waals surface area contributed by atoms with Gasteiger partial charge in [-0.2, -0.15) is 0 Å². The predicted octanol–water partition coefficient (Wildman–Crippen LogP) is 1.72. The molecule has 2 rings (SSSR count). The van der Waals surface area contributed by atoms with E-state index >= 15 is 0 Å². The number of phenolic OH excluding ortho intramolecular Hbond substituents is 1. The molecule has 0 aliphatic carbocycles. The number of hydrogen-bond donors (Lipinski definition) is 2. The number of hydrogen-bond acceptors (Lipinski definition) is 4. The normalized spacial score (nSPS) is 16.7. The van der Waals surface area contributed by atoms with Crippen LogP contribution in [0.25, 0.3) is 0 Å². The van der Waals surface area contributed by atoms with Gasteiger partial charge in [-0.05, 0) is 31.5 Å². The van der Waals surface area contributed by atoms with Gasteiger partial charge in [0.2, 0.25) is 5.91 Å². The van der Waals surface area contributed by atoms with Crippen LogP contribution < -0.4 is 5.32 Å². The van der Waals surface area contributed by atoms with E-state index in [1.807, 2.05) is 18.7 Å². The van der Waals surface area contributed by atoms with E-state index in [9.17, 15) is 14.7 Å². The Balaban J connectivity index is 1.87.